The third-order valence-electron chi connectivity index (χ3n) is 2.39. The molecule has 1 rings (SSSR count). The van der Waals surface area contributed by atoms with Crippen LogP contribution in [0, 0.1) is 0 Å². The molecule has 0 radical (unpaired) electrons. The minimum absolute atomic E-state index is 0.0783. The lowest BCUT2D eigenvalue weighted by Crippen LogP contribution is -2.21. The molecule has 0 amide bonds. The zero-order valence-corrected chi connectivity index (χ0v) is 9.71. The van der Waals surface area contributed by atoms with Crippen LogP contribution in [0.5, 0.6) is 5.75 Å². The van der Waals surface area contributed by atoms with Gasteiger partial charge in [0.2, 0.25) is 0 Å². The van der Waals surface area contributed by atoms with E-state index in [0.29, 0.717) is 6.42 Å². The Morgan fingerprint density at radius 3 is 2.41 bits per heavy atom. The lowest BCUT2D eigenvalue weighted by Gasteiger charge is -2.19. The third-order valence-corrected chi connectivity index (χ3v) is 2.39. The van der Waals surface area contributed by atoms with Gasteiger partial charge in [0, 0.05) is 5.56 Å². The molecule has 96 valence electrons. The van der Waals surface area contributed by atoms with Gasteiger partial charge < -0.3 is 9.84 Å². The topological polar surface area (TPSA) is 29.5 Å². The van der Waals surface area contributed by atoms with E-state index in [-0.39, 0.29) is 17.9 Å². The summed E-state index contributed by atoms with van der Waals surface area (Å²) in [5.41, 5.74) is 0.505. The van der Waals surface area contributed by atoms with Gasteiger partial charge in [0.1, 0.15) is 5.75 Å². The molecule has 0 bridgehead atoms. The molecule has 0 heterocycles. The molecule has 1 N–H and O–H groups in total. The molecule has 17 heavy (non-hydrogen) atoms. The van der Waals surface area contributed by atoms with Gasteiger partial charge in [-0.25, -0.2) is 0 Å². The van der Waals surface area contributed by atoms with Crippen molar-refractivity contribution in [3.05, 3.63) is 29.3 Å². The van der Waals surface area contributed by atoms with E-state index in [0.717, 1.165) is 5.56 Å². The van der Waals surface area contributed by atoms with Gasteiger partial charge in [-0.05, 0) is 31.0 Å². The average Bonchev–Trinajstić information content (AvgIpc) is 2.28. The fourth-order valence-electron chi connectivity index (χ4n) is 1.49. The standard InChI is InChI=1S/C12H15F3O2/c1-3-8-5-6-10(17-4-2)9(7-8)11(16)12(13,14)15/h5-7,11,16H,3-4H2,1-2H3. The van der Waals surface area contributed by atoms with Crippen LogP contribution >= 0.6 is 0 Å². The summed E-state index contributed by atoms with van der Waals surface area (Å²) in [4.78, 5) is 0. The summed E-state index contributed by atoms with van der Waals surface area (Å²) in [6, 6.07) is 4.49. The van der Waals surface area contributed by atoms with Crippen molar-refractivity contribution in [2.24, 2.45) is 0 Å². The van der Waals surface area contributed by atoms with Crippen LogP contribution in [0.4, 0.5) is 13.2 Å². The smallest absolute Gasteiger partial charge is 0.418 e. The van der Waals surface area contributed by atoms with E-state index in [1.54, 1.807) is 13.0 Å². The highest BCUT2D eigenvalue weighted by Crippen LogP contribution is 2.37. The second-order valence-corrected chi connectivity index (χ2v) is 3.60. The molecule has 0 aromatic heterocycles. The summed E-state index contributed by atoms with van der Waals surface area (Å²) in [5.74, 6) is 0.0783. The number of hydrogen-bond donors (Lipinski definition) is 1. The lowest BCUT2D eigenvalue weighted by molar-refractivity contribution is -0.207. The van der Waals surface area contributed by atoms with Crippen molar-refractivity contribution < 1.29 is 23.0 Å². The number of ether oxygens (including phenoxy) is 1. The van der Waals surface area contributed by atoms with Crippen LogP contribution in [0.1, 0.15) is 31.1 Å². The molecule has 0 saturated heterocycles. The van der Waals surface area contributed by atoms with E-state index in [2.05, 4.69) is 0 Å². The first-order chi connectivity index (χ1) is 7.90. The Morgan fingerprint density at radius 1 is 1.29 bits per heavy atom. The number of rotatable bonds is 4. The Bertz CT molecular complexity index is 375. The largest absolute Gasteiger partial charge is 0.493 e. The molecule has 0 aliphatic heterocycles. The number of alkyl halides is 3. The molecular weight excluding hydrogens is 233 g/mol. The van der Waals surface area contributed by atoms with Crippen molar-refractivity contribution in [2.45, 2.75) is 32.5 Å². The van der Waals surface area contributed by atoms with Gasteiger partial charge in [-0.3, -0.25) is 0 Å². The van der Waals surface area contributed by atoms with E-state index < -0.39 is 12.3 Å². The van der Waals surface area contributed by atoms with Crippen LogP contribution < -0.4 is 4.74 Å². The van der Waals surface area contributed by atoms with Gasteiger partial charge in [-0.2, -0.15) is 13.2 Å². The van der Waals surface area contributed by atoms with Gasteiger partial charge >= 0.3 is 6.18 Å². The molecule has 1 unspecified atom stereocenters. The maximum Gasteiger partial charge on any atom is 0.418 e. The van der Waals surface area contributed by atoms with Crippen molar-refractivity contribution >= 4 is 0 Å². The van der Waals surface area contributed by atoms with Crippen molar-refractivity contribution in [2.75, 3.05) is 6.61 Å². The second-order valence-electron chi connectivity index (χ2n) is 3.60. The maximum atomic E-state index is 12.5. The molecule has 5 heteroatoms. The molecule has 1 aromatic rings. The Hall–Kier alpha value is -1.23. The van der Waals surface area contributed by atoms with Gasteiger partial charge in [-0.15, -0.1) is 0 Å². The fraction of sp³-hybridized carbons (Fsp3) is 0.500. The summed E-state index contributed by atoms with van der Waals surface area (Å²) in [6.07, 6.45) is -6.59. The molecular formula is C12H15F3O2. The first kappa shape index (κ1) is 13.8. The average molecular weight is 248 g/mol. The van der Waals surface area contributed by atoms with Gasteiger partial charge in [0.05, 0.1) is 6.61 Å². The first-order valence-corrected chi connectivity index (χ1v) is 5.40. The lowest BCUT2D eigenvalue weighted by atomic mass is 10.0. The number of aryl methyl sites for hydroxylation is 1. The molecule has 0 fully saturated rings. The predicted molar refractivity (Wildman–Crippen MR) is 58.0 cm³/mol. The van der Waals surface area contributed by atoms with Crippen LogP contribution in [0.2, 0.25) is 0 Å². The predicted octanol–water partition coefficient (Wildman–Crippen LogP) is 3.24. The van der Waals surface area contributed by atoms with E-state index in [1.807, 2.05) is 6.92 Å². The van der Waals surface area contributed by atoms with Crippen LogP contribution in [-0.2, 0) is 6.42 Å². The van der Waals surface area contributed by atoms with Gasteiger partial charge in [0.25, 0.3) is 0 Å². The quantitative estimate of drug-likeness (QED) is 0.886. The van der Waals surface area contributed by atoms with Crippen molar-refractivity contribution in [3.8, 4) is 5.75 Å². The van der Waals surface area contributed by atoms with Gasteiger partial charge in [-0.1, -0.05) is 13.0 Å². The minimum atomic E-state index is -4.68. The summed E-state index contributed by atoms with van der Waals surface area (Å²) in [7, 11) is 0. The Labute approximate surface area is 98.0 Å². The molecule has 1 aromatic carbocycles. The van der Waals surface area contributed by atoms with Crippen LogP contribution in [-0.4, -0.2) is 17.9 Å². The van der Waals surface area contributed by atoms with E-state index in [4.69, 9.17) is 4.74 Å². The maximum absolute atomic E-state index is 12.5. The van der Waals surface area contributed by atoms with Crippen molar-refractivity contribution in [1.82, 2.24) is 0 Å². The molecule has 2 nitrogen and oxygen atoms in total. The highest BCUT2D eigenvalue weighted by atomic mass is 19.4. The molecule has 0 saturated carbocycles. The monoisotopic (exact) mass is 248 g/mol. The third kappa shape index (κ3) is 3.36. The Kier molecular flexibility index (Phi) is 4.40. The van der Waals surface area contributed by atoms with Gasteiger partial charge in [0.15, 0.2) is 6.10 Å². The normalized spacial score (nSPS) is 13.5. The Morgan fingerprint density at radius 2 is 1.94 bits per heavy atom. The number of halogens is 3. The zero-order chi connectivity index (χ0) is 13.1. The zero-order valence-electron chi connectivity index (χ0n) is 9.71. The first-order valence-electron chi connectivity index (χ1n) is 5.40. The summed E-state index contributed by atoms with van der Waals surface area (Å²) >= 11 is 0. The molecule has 0 aliphatic rings. The highest BCUT2D eigenvalue weighted by Gasteiger charge is 2.41. The van der Waals surface area contributed by atoms with Crippen molar-refractivity contribution in [3.63, 3.8) is 0 Å². The van der Waals surface area contributed by atoms with Crippen LogP contribution in [0.15, 0.2) is 18.2 Å². The number of aliphatic hydroxyl groups is 1. The number of hydrogen-bond acceptors (Lipinski definition) is 2. The van der Waals surface area contributed by atoms with E-state index in [1.165, 1.54) is 12.1 Å². The molecule has 0 aliphatic carbocycles. The number of aliphatic hydroxyl groups excluding tert-OH is 1. The minimum Gasteiger partial charge on any atom is -0.493 e. The SMILES string of the molecule is CCOc1ccc(CC)cc1C(O)C(F)(F)F. The highest BCUT2D eigenvalue weighted by molar-refractivity contribution is 5.39. The van der Waals surface area contributed by atoms with Crippen LogP contribution in [0.25, 0.3) is 0 Å². The summed E-state index contributed by atoms with van der Waals surface area (Å²) in [5, 5.41) is 9.28. The molecule has 1 atom stereocenters. The summed E-state index contributed by atoms with van der Waals surface area (Å²) in [6.45, 7) is 3.76. The Balaban J connectivity index is 3.17. The summed E-state index contributed by atoms with van der Waals surface area (Å²) < 4.78 is 42.5. The van der Waals surface area contributed by atoms with E-state index >= 15 is 0 Å². The second kappa shape index (κ2) is 5.40. The fourth-order valence-corrected chi connectivity index (χ4v) is 1.49. The number of benzene rings is 1. The van der Waals surface area contributed by atoms with Crippen molar-refractivity contribution in [1.29, 1.82) is 0 Å². The van der Waals surface area contributed by atoms with Crippen LogP contribution in [0.3, 0.4) is 0 Å². The van der Waals surface area contributed by atoms with E-state index in [9.17, 15) is 18.3 Å². The molecule has 0 spiro atoms.